The first-order chi connectivity index (χ1) is 10.9. The van der Waals surface area contributed by atoms with Crippen LogP contribution >= 0.6 is 15.9 Å². The van der Waals surface area contributed by atoms with Gasteiger partial charge in [-0.15, -0.1) is 0 Å². The van der Waals surface area contributed by atoms with Gasteiger partial charge in [-0.3, -0.25) is 4.90 Å². The number of aliphatic carboxylic acids is 2. The van der Waals surface area contributed by atoms with E-state index in [9.17, 15) is 0 Å². The molecule has 0 atom stereocenters. The first kappa shape index (κ1) is 19.4. The van der Waals surface area contributed by atoms with Crippen molar-refractivity contribution in [1.29, 1.82) is 0 Å². The average molecular weight is 388 g/mol. The number of piperidine rings is 1. The van der Waals surface area contributed by atoms with E-state index < -0.39 is 11.9 Å². The minimum absolute atomic E-state index is 0.783. The van der Waals surface area contributed by atoms with Crippen LogP contribution < -0.4 is 4.74 Å². The van der Waals surface area contributed by atoms with Crippen molar-refractivity contribution in [2.45, 2.75) is 19.8 Å². The highest BCUT2D eigenvalue weighted by molar-refractivity contribution is 9.10. The molecule has 1 saturated heterocycles. The highest BCUT2D eigenvalue weighted by Crippen LogP contribution is 2.18. The summed E-state index contributed by atoms with van der Waals surface area (Å²) in [6, 6.07) is 8.03. The summed E-state index contributed by atoms with van der Waals surface area (Å²) in [5.74, 6) is -1.80. The van der Waals surface area contributed by atoms with Crippen LogP contribution in [0, 0.1) is 5.92 Å². The van der Waals surface area contributed by atoms with Crippen LogP contribution in [-0.4, -0.2) is 53.3 Å². The molecule has 2 N–H and O–H groups in total. The molecule has 0 saturated carbocycles. The lowest BCUT2D eigenvalue weighted by atomic mass is 9.99. The molecule has 0 aliphatic carbocycles. The summed E-state index contributed by atoms with van der Waals surface area (Å²) in [5.41, 5.74) is 0. The van der Waals surface area contributed by atoms with Gasteiger partial charge in [0.1, 0.15) is 12.4 Å². The third-order valence-electron chi connectivity index (χ3n) is 3.53. The Kier molecular flexibility index (Phi) is 8.65. The summed E-state index contributed by atoms with van der Waals surface area (Å²) in [5, 5.41) is 14.8. The number of carboxylic acids is 2. The van der Waals surface area contributed by atoms with E-state index in [1.54, 1.807) is 0 Å². The molecule has 1 aromatic rings. The largest absolute Gasteiger partial charge is 0.492 e. The van der Waals surface area contributed by atoms with Gasteiger partial charge in [0.2, 0.25) is 0 Å². The van der Waals surface area contributed by atoms with Crippen LogP contribution in [0.25, 0.3) is 0 Å². The van der Waals surface area contributed by atoms with E-state index in [-0.39, 0.29) is 0 Å². The van der Waals surface area contributed by atoms with Crippen LogP contribution in [0.2, 0.25) is 0 Å². The second kappa shape index (κ2) is 10.2. The third-order valence-corrected chi connectivity index (χ3v) is 4.02. The van der Waals surface area contributed by atoms with E-state index in [0.717, 1.165) is 29.3 Å². The standard InChI is InChI=1S/C14H20BrNO.C2H2O4/c1-12-5-7-16(8-6-12)9-10-17-14-4-2-3-13(15)11-14;3-1(4)2(5)6/h2-4,11-12H,5-10H2,1H3;(H,3,4)(H,5,6). The predicted molar refractivity (Wildman–Crippen MR) is 89.7 cm³/mol. The van der Waals surface area contributed by atoms with Crippen LogP contribution in [-0.2, 0) is 9.59 Å². The Morgan fingerprint density at radius 1 is 1.26 bits per heavy atom. The number of nitrogens with zero attached hydrogens (tertiary/aromatic N) is 1. The maximum absolute atomic E-state index is 9.10. The van der Waals surface area contributed by atoms with Crippen LogP contribution in [0.1, 0.15) is 19.8 Å². The maximum atomic E-state index is 9.10. The highest BCUT2D eigenvalue weighted by atomic mass is 79.9. The normalized spacial score (nSPS) is 15.4. The van der Waals surface area contributed by atoms with E-state index in [2.05, 4.69) is 27.8 Å². The summed E-state index contributed by atoms with van der Waals surface area (Å²) in [6.45, 7) is 6.62. The van der Waals surface area contributed by atoms with E-state index in [0.29, 0.717) is 0 Å². The molecule has 1 fully saturated rings. The van der Waals surface area contributed by atoms with E-state index in [4.69, 9.17) is 24.5 Å². The Labute approximate surface area is 144 Å². The van der Waals surface area contributed by atoms with E-state index in [1.165, 1.54) is 25.9 Å². The molecule has 23 heavy (non-hydrogen) atoms. The summed E-state index contributed by atoms with van der Waals surface area (Å²) in [4.78, 5) is 20.7. The van der Waals surface area contributed by atoms with Gasteiger partial charge in [-0.05, 0) is 50.0 Å². The minimum atomic E-state index is -1.82. The van der Waals surface area contributed by atoms with Gasteiger partial charge in [-0.1, -0.05) is 28.9 Å². The van der Waals surface area contributed by atoms with Crippen molar-refractivity contribution in [2.75, 3.05) is 26.2 Å². The number of hydrogen-bond acceptors (Lipinski definition) is 4. The van der Waals surface area contributed by atoms with Crippen LogP contribution in [0.5, 0.6) is 5.75 Å². The number of ether oxygens (including phenoxy) is 1. The van der Waals surface area contributed by atoms with Crippen molar-refractivity contribution in [2.24, 2.45) is 5.92 Å². The fourth-order valence-corrected chi connectivity index (χ4v) is 2.51. The molecular weight excluding hydrogens is 366 g/mol. The number of likely N-dealkylation sites (tertiary alicyclic amines) is 1. The lowest BCUT2D eigenvalue weighted by Crippen LogP contribution is -2.35. The van der Waals surface area contributed by atoms with Gasteiger partial charge in [0.25, 0.3) is 0 Å². The second-order valence-corrected chi connectivity index (χ2v) is 6.36. The third kappa shape index (κ3) is 8.56. The Bertz CT molecular complexity index is 503. The van der Waals surface area contributed by atoms with Crippen molar-refractivity contribution >= 4 is 27.9 Å². The van der Waals surface area contributed by atoms with Crippen molar-refractivity contribution < 1.29 is 24.5 Å². The Balaban J connectivity index is 0.000000379. The smallest absolute Gasteiger partial charge is 0.414 e. The zero-order valence-electron chi connectivity index (χ0n) is 13.1. The molecule has 1 heterocycles. The Morgan fingerprint density at radius 3 is 2.39 bits per heavy atom. The molecular formula is C16H22BrNO5. The van der Waals surface area contributed by atoms with Crippen molar-refractivity contribution in [3.05, 3.63) is 28.7 Å². The minimum Gasteiger partial charge on any atom is -0.492 e. The van der Waals surface area contributed by atoms with Crippen molar-refractivity contribution in [3.8, 4) is 5.75 Å². The van der Waals surface area contributed by atoms with Crippen LogP contribution in [0.3, 0.4) is 0 Å². The summed E-state index contributed by atoms with van der Waals surface area (Å²) in [6.07, 6.45) is 2.66. The topological polar surface area (TPSA) is 87.1 Å². The van der Waals surface area contributed by atoms with Gasteiger partial charge in [0.15, 0.2) is 0 Å². The number of hydrogen-bond donors (Lipinski definition) is 2. The Morgan fingerprint density at radius 2 is 1.87 bits per heavy atom. The van der Waals surface area contributed by atoms with Crippen LogP contribution in [0.4, 0.5) is 0 Å². The van der Waals surface area contributed by atoms with Crippen molar-refractivity contribution in [1.82, 2.24) is 4.90 Å². The van der Waals surface area contributed by atoms with E-state index in [1.807, 2.05) is 24.3 Å². The van der Waals surface area contributed by atoms with Gasteiger partial charge in [-0.25, -0.2) is 9.59 Å². The van der Waals surface area contributed by atoms with Crippen LogP contribution in [0.15, 0.2) is 28.7 Å². The molecule has 0 amide bonds. The molecule has 1 aliphatic heterocycles. The lowest BCUT2D eigenvalue weighted by Gasteiger charge is -2.29. The van der Waals surface area contributed by atoms with Gasteiger partial charge in [0, 0.05) is 11.0 Å². The molecule has 1 aliphatic rings. The number of rotatable bonds is 4. The van der Waals surface area contributed by atoms with Crippen molar-refractivity contribution in [3.63, 3.8) is 0 Å². The summed E-state index contributed by atoms with van der Waals surface area (Å²) < 4.78 is 6.82. The summed E-state index contributed by atoms with van der Waals surface area (Å²) >= 11 is 3.45. The molecule has 0 spiro atoms. The average Bonchev–Trinajstić information content (AvgIpc) is 2.50. The molecule has 1 aromatic carbocycles. The molecule has 2 rings (SSSR count). The number of halogens is 1. The van der Waals surface area contributed by atoms with Gasteiger partial charge >= 0.3 is 11.9 Å². The maximum Gasteiger partial charge on any atom is 0.414 e. The molecule has 0 aromatic heterocycles. The fraction of sp³-hybridized carbons (Fsp3) is 0.500. The highest BCUT2D eigenvalue weighted by Gasteiger charge is 2.14. The monoisotopic (exact) mass is 387 g/mol. The second-order valence-electron chi connectivity index (χ2n) is 5.44. The first-order valence-corrected chi connectivity index (χ1v) is 8.24. The molecule has 0 bridgehead atoms. The zero-order chi connectivity index (χ0) is 17.2. The molecule has 0 radical (unpaired) electrons. The molecule has 128 valence electrons. The fourth-order valence-electron chi connectivity index (χ4n) is 2.14. The number of benzene rings is 1. The molecule has 7 heteroatoms. The van der Waals surface area contributed by atoms with Gasteiger partial charge in [-0.2, -0.15) is 0 Å². The quantitative estimate of drug-likeness (QED) is 0.772. The number of carboxylic acid groups (broad SMARTS) is 2. The van der Waals surface area contributed by atoms with Gasteiger partial charge < -0.3 is 14.9 Å². The Hall–Kier alpha value is -1.60. The lowest BCUT2D eigenvalue weighted by molar-refractivity contribution is -0.159. The zero-order valence-corrected chi connectivity index (χ0v) is 14.7. The molecule has 6 nitrogen and oxygen atoms in total. The number of carbonyl (C=O) groups is 2. The van der Waals surface area contributed by atoms with Gasteiger partial charge in [0.05, 0.1) is 0 Å². The first-order valence-electron chi connectivity index (χ1n) is 7.45. The molecule has 0 unspecified atom stereocenters. The van der Waals surface area contributed by atoms with E-state index >= 15 is 0 Å². The predicted octanol–water partition coefficient (Wildman–Crippen LogP) is 2.72. The SMILES string of the molecule is CC1CCN(CCOc2cccc(Br)c2)CC1.O=C(O)C(=O)O. The summed E-state index contributed by atoms with van der Waals surface area (Å²) in [7, 11) is 0.